The van der Waals surface area contributed by atoms with Crippen LogP contribution in [0.25, 0.3) is 22.4 Å². The van der Waals surface area contributed by atoms with Crippen molar-refractivity contribution in [3.05, 3.63) is 48.7 Å². The first kappa shape index (κ1) is 14.9. The molecule has 3 aromatic rings. The normalized spacial score (nSPS) is 10.8. The van der Waals surface area contributed by atoms with E-state index >= 15 is 0 Å². The van der Waals surface area contributed by atoms with Gasteiger partial charge in [-0.25, -0.2) is 0 Å². The fourth-order valence-electron chi connectivity index (χ4n) is 2.51. The Morgan fingerprint density at radius 1 is 0.870 bits per heavy atom. The number of nitrogens with zero attached hydrogens (tertiary/aromatic N) is 2. The number of aliphatic hydroxyl groups is 1. The maximum Gasteiger partial charge on any atom is 0.128 e. The first-order valence-corrected chi connectivity index (χ1v) is 7.08. The van der Waals surface area contributed by atoms with Gasteiger partial charge in [0.1, 0.15) is 17.2 Å². The average Bonchev–Trinajstić information content (AvgIpc) is 2.92. The minimum atomic E-state index is -0.0947. The molecule has 0 saturated carbocycles. The summed E-state index contributed by atoms with van der Waals surface area (Å²) >= 11 is 0. The second-order valence-electron chi connectivity index (χ2n) is 5.10. The molecule has 0 aliphatic heterocycles. The molecule has 23 heavy (non-hydrogen) atoms. The molecule has 0 radical (unpaired) electrons. The highest BCUT2D eigenvalue weighted by molar-refractivity contribution is 5.83. The smallest absolute Gasteiger partial charge is 0.128 e. The molecular formula is C17H16N2O4. The summed E-state index contributed by atoms with van der Waals surface area (Å²) in [5, 5.41) is 42.6. The van der Waals surface area contributed by atoms with E-state index in [0.717, 1.165) is 11.1 Å². The van der Waals surface area contributed by atoms with E-state index in [1.54, 1.807) is 41.2 Å². The third kappa shape index (κ3) is 2.84. The topological polar surface area (TPSA) is 98.7 Å². The molecule has 1 heterocycles. The molecule has 0 unspecified atom stereocenters. The molecule has 0 bridgehead atoms. The molecule has 3 rings (SSSR count). The minimum Gasteiger partial charge on any atom is -0.508 e. The van der Waals surface area contributed by atoms with Gasteiger partial charge in [0.25, 0.3) is 0 Å². The zero-order chi connectivity index (χ0) is 16.4. The Labute approximate surface area is 132 Å². The van der Waals surface area contributed by atoms with Crippen LogP contribution in [0.4, 0.5) is 0 Å². The Bertz CT molecular complexity index is 825. The lowest BCUT2D eigenvalue weighted by molar-refractivity contribution is 0.270. The van der Waals surface area contributed by atoms with Gasteiger partial charge in [0.05, 0.1) is 25.0 Å². The van der Waals surface area contributed by atoms with E-state index in [2.05, 4.69) is 5.10 Å². The van der Waals surface area contributed by atoms with E-state index in [1.807, 2.05) is 0 Å². The second-order valence-corrected chi connectivity index (χ2v) is 5.10. The molecule has 0 atom stereocenters. The molecule has 118 valence electrons. The molecule has 2 aromatic carbocycles. The van der Waals surface area contributed by atoms with Gasteiger partial charge in [-0.2, -0.15) is 5.10 Å². The number of hydrogen-bond acceptors (Lipinski definition) is 5. The summed E-state index contributed by atoms with van der Waals surface area (Å²) in [6, 6.07) is 11.0. The molecule has 0 aliphatic rings. The molecule has 1 aromatic heterocycles. The van der Waals surface area contributed by atoms with Crippen LogP contribution < -0.4 is 0 Å². The number of aromatic nitrogens is 2. The van der Waals surface area contributed by atoms with E-state index in [-0.39, 0.29) is 30.4 Å². The fraction of sp³-hybridized carbons (Fsp3) is 0.118. The maximum absolute atomic E-state index is 10.2. The van der Waals surface area contributed by atoms with Crippen LogP contribution in [0, 0.1) is 0 Å². The summed E-state index contributed by atoms with van der Waals surface area (Å²) in [7, 11) is 0. The highest BCUT2D eigenvalue weighted by atomic mass is 16.3. The maximum atomic E-state index is 10.2. The van der Waals surface area contributed by atoms with Crippen molar-refractivity contribution in [3.8, 4) is 39.6 Å². The third-order valence-electron chi connectivity index (χ3n) is 3.57. The quantitative estimate of drug-likeness (QED) is 0.592. The molecule has 0 saturated heterocycles. The Morgan fingerprint density at radius 2 is 1.57 bits per heavy atom. The van der Waals surface area contributed by atoms with Crippen LogP contribution in [0.1, 0.15) is 0 Å². The Balaban J connectivity index is 2.20. The van der Waals surface area contributed by atoms with Gasteiger partial charge < -0.3 is 20.4 Å². The van der Waals surface area contributed by atoms with Gasteiger partial charge in [0.2, 0.25) is 0 Å². The molecule has 0 amide bonds. The minimum absolute atomic E-state index is 0.0364. The van der Waals surface area contributed by atoms with Gasteiger partial charge in [-0.05, 0) is 29.8 Å². The van der Waals surface area contributed by atoms with E-state index < -0.39 is 0 Å². The number of rotatable bonds is 4. The van der Waals surface area contributed by atoms with Crippen molar-refractivity contribution in [2.45, 2.75) is 6.54 Å². The summed E-state index contributed by atoms with van der Waals surface area (Å²) in [6.07, 6.45) is 1.64. The number of benzene rings is 2. The summed E-state index contributed by atoms with van der Waals surface area (Å²) in [4.78, 5) is 0. The largest absolute Gasteiger partial charge is 0.508 e. The highest BCUT2D eigenvalue weighted by Crippen LogP contribution is 2.38. The molecule has 6 heteroatoms. The van der Waals surface area contributed by atoms with Crippen molar-refractivity contribution in [1.82, 2.24) is 9.78 Å². The molecule has 6 nitrogen and oxygen atoms in total. The summed E-state index contributed by atoms with van der Waals surface area (Å²) < 4.78 is 1.59. The molecule has 4 N–H and O–H groups in total. The van der Waals surface area contributed by atoms with E-state index in [4.69, 9.17) is 0 Å². The lowest BCUT2D eigenvalue weighted by Gasteiger charge is -2.11. The van der Waals surface area contributed by atoms with E-state index in [9.17, 15) is 20.4 Å². The predicted octanol–water partition coefficient (Wildman–Crippen LogP) is 2.33. The number of hydrogen-bond donors (Lipinski definition) is 4. The molecule has 0 fully saturated rings. The van der Waals surface area contributed by atoms with Crippen LogP contribution in [0.2, 0.25) is 0 Å². The van der Waals surface area contributed by atoms with Gasteiger partial charge in [0.15, 0.2) is 0 Å². The Hall–Kier alpha value is -2.99. The first-order valence-electron chi connectivity index (χ1n) is 7.08. The zero-order valence-electron chi connectivity index (χ0n) is 12.2. The Morgan fingerprint density at radius 3 is 2.22 bits per heavy atom. The monoisotopic (exact) mass is 312 g/mol. The molecule has 0 aliphatic carbocycles. The van der Waals surface area contributed by atoms with Gasteiger partial charge in [0, 0.05) is 17.2 Å². The van der Waals surface area contributed by atoms with Gasteiger partial charge in [-0.1, -0.05) is 12.1 Å². The van der Waals surface area contributed by atoms with E-state index in [1.165, 1.54) is 12.1 Å². The van der Waals surface area contributed by atoms with Crippen LogP contribution in [0.5, 0.6) is 17.2 Å². The number of aliphatic hydroxyl groups excluding tert-OH is 1. The fourth-order valence-corrected chi connectivity index (χ4v) is 2.51. The van der Waals surface area contributed by atoms with Crippen molar-refractivity contribution in [1.29, 1.82) is 0 Å². The predicted molar refractivity (Wildman–Crippen MR) is 85.2 cm³/mol. The van der Waals surface area contributed by atoms with Crippen molar-refractivity contribution in [2.24, 2.45) is 0 Å². The highest BCUT2D eigenvalue weighted by Gasteiger charge is 2.17. The van der Waals surface area contributed by atoms with Crippen LogP contribution in [-0.2, 0) is 6.54 Å². The van der Waals surface area contributed by atoms with Crippen molar-refractivity contribution in [3.63, 3.8) is 0 Å². The summed E-state index contributed by atoms with van der Waals surface area (Å²) in [6.45, 7) is 0.177. The van der Waals surface area contributed by atoms with Gasteiger partial charge in [-0.3, -0.25) is 4.68 Å². The van der Waals surface area contributed by atoms with Crippen LogP contribution >= 0.6 is 0 Å². The number of phenolic OH excluding ortho intramolecular Hbond substituents is 3. The summed E-state index contributed by atoms with van der Waals surface area (Å²) in [5.41, 5.74) is 2.69. The summed E-state index contributed by atoms with van der Waals surface area (Å²) in [5.74, 6) is 0.0425. The van der Waals surface area contributed by atoms with Crippen LogP contribution in [0.15, 0.2) is 48.7 Å². The third-order valence-corrected chi connectivity index (χ3v) is 3.57. The molecular weight excluding hydrogens is 296 g/mol. The van der Waals surface area contributed by atoms with Crippen LogP contribution in [-0.4, -0.2) is 36.8 Å². The lowest BCUT2D eigenvalue weighted by Crippen LogP contribution is -2.06. The zero-order valence-corrected chi connectivity index (χ0v) is 12.2. The molecule has 0 spiro atoms. The Kier molecular flexibility index (Phi) is 3.91. The second kappa shape index (κ2) is 6.02. The number of aromatic hydroxyl groups is 3. The van der Waals surface area contributed by atoms with Crippen molar-refractivity contribution >= 4 is 0 Å². The van der Waals surface area contributed by atoms with Gasteiger partial charge >= 0.3 is 0 Å². The van der Waals surface area contributed by atoms with Crippen molar-refractivity contribution in [2.75, 3.05) is 6.61 Å². The van der Waals surface area contributed by atoms with Crippen molar-refractivity contribution < 1.29 is 20.4 Å². The SMILES string of the molecule is OCCn1ncc(-c2ccc(O)cc2)c1-c1ccc(O)cc1O. The first-order chi connectivity index (χ1) is 11.1. The van der Waals surface area contributed by atoms with Crippen LogP contribution in [0.3, 0.4) is 0 Å². The standard InChI is InChI=1S/C17H16N2O4/c20-8-7-19-17(14-6-5-13(22)9-16(14)23)15(10-18-19)11-1-3-12(21)4-2-11/h1-6,9-10,20-23H,7-8H2. The van der Waals surface area contributed by atoms with E-state index in [0.29, 0.717) is 11.3 Å². The lowest BCUT2D eigenvalue weighted by atomic mass is 10.0. The average molecular weight is 312 g/mol. The van der Waals surface area contributed by atoms with Gasteiger partial charge in [-0.15, -0.1) is 0 Å². The number of phenols is 3.